The fourth-order valence-electron chi connectivity index (χ4n) is 3.63. The average Bonchev–Trinajstić information content (AvgIpc) is 2.87. The molecule has 0 heterocycles. The number of carbonyl (C=O) groups excluding carboxylic acids is 1. The molecule has 0 spiro atoms. The van der Waals surface area contributed by atoms with Crippen LogP contribution in [0.3, 0.4) is 0 Å². The Balaban J connectivity index is 1.68. The third kappa shape index (κ3) is 5.63. The summed E-state index contributed by atoms with van der Waals surface area (Å²) in [5, 5.41) is 3.90. The predicted octanol–water partition coefficient (Wildman–Crippen LogP) is 6.46. The molecule has 0 amide bonds. The number of benzene rings is 4. The van der Waals surface area contributed by atoms with Gasteiger partial charge in [0.2, 0.25) is 0 Å². The lowest BCUT2D eigenvalue weighted by Gasteiger charge is -2.20. The highest BCUT2D eigenvalue weighted by atomic mass is 16.6. The number of hydrogen-bond acceptors (Lipinski definition) is 5. The Hall–Kier alpha value is -4.09. The topological polar surface area (TPSA) is 54.0 Å². The van der Waals surface area contributed by atoms with Crippen LogP contribution in [-0.4, -0.2) is 31.9 Å². The number of para-hydroxylation sites is 1. The minimum Gasteiger partial charge on any atom is -0.488 e. The highest BCUT2D eigenvalue weighted by molar-refractivity contribution is 6.05. The quantitative estimate of drug-likeness (QED) is 0.0855. The van der Waals surface area contributed by atoms with Crippen LogP contribution >= 0.6 is 0 Å². The van der Waals surface area contributed by atoms with Crippen LogP contribution in [0.4, 0.5) is 0 Å². The second-order valence-corrected chi connectivity index (χ2v) is 7.63. The Labute approximate surface area is 198 Å². The Morgan fingerprint density at radius 1 is 0.824 bits per heavy atom. The number of ether oxygens (including phenoxy) is 4. The normalized spacial score (nSPS) is 11.6. The first-order valence-electron chi connectivity index (χ1n) is 11.0. The van der Waals surface area contributed by atoms with Crippen molar-refractivity contribution >= 4 is 27.5 Å². The van der Waals surface area contributed by atoms with Crippen molar-refractivity contribution in [3.05, 3.63) is 104 Å². The van der Waals surface area contributed by atoms with E-state index in [1.165, 1.54) is 0 Å². The van der Waals surface area contributed by atoms with E-state index in [1.807, 2.05) is 72.8 Å². The maximum atomic E-state index is 11.8. The van der Waals surface area contributed by atoms with Crippen LogP contribution in [-0.2, 0) is 14.3 Å². The van der Waals surface area contributed by atoms with Gasteiger partial charge >= 0.3 is 5.97 Å². The van der Waals surface area contributed by atoms with Gasteiger partial charge in [-0.25, -0.2) is 4.79 Å². The Morgan fingerprint density at radius 3 is 2.38 bits per heavy atom. The molecule has 0 saturated heterocycles. The zero-order chi connectivity index (χ0) is 23.8. The van der Waals surface area contributed by atoms with E-state index in [9.17, 15) is 4.79 Å². The van der Waals surface area contributed by atoms with Crippen LogP contribution in [0.5, 0.6) is 17.2 Å². The van der Waals surface area contributed by atoms with Gasteiger partial charge in [0.05, 0.1) is 13.2 Å². The molecule has 0 bridgehead atoms. The molecule has 1 unspecified atom stereocenters. The van der Waals surface area contributed by atoms with Crippen LogP contribution < -0.4 is 9.47 Å². The van der Waals surface area contributed by atoms with E-state index in [0.29, 0.717) is 18.1 Å². The Bertz CT molecular complexity index is 1300. The molecule has 0 aliphatic carbocycles. The number of rotatable bonds is 11. The monoisotopic (exact) mass is 454 g/mol. The van der Waals surface area contributed by atoms with Gasteiger partial charge in [-0.15, -0.1) is 6.58 Å². The smallest absolute Gasteiger partial charge is 0.330 e. The first kappa shape index (κ1) is 23.1. The largest absolute Gasteiger partial charge is 0.488 e. The Kier molecular flexibility index (Phi) is 7.58. The summed E-state index contributed by atoms with van der Waals surface area (Å²) in [5.74, 6) is 1.61. The molecule has 0 radical (unpaired) electrons. The molecule has 34 heavy (non-hydrogen) atoms. The van der Waals surface area contributed by atoms with Crippen LogP contribution in [0.1, 0.15) is 0 Å². The molecule has 0 N–H and O–H groups in total. The summed E-state index contributed by atoms with van der Waals surface area (Å²) >= 11 is 0. The molecular formula is C29H26O5. The summed E-state index contributed by atoms with van der Waals surface area (Å²) in [7, 11) is 0. The lowest BCUT2D eigenvalue weighted by atomic mass is 10.0. The predicted molar refractivity (Wildman–Crippen MR) is 135 cm³/mol. The summed E-state index contributed by atoms with van der Waals surface area (Å²) < 4.78 is 23.3. The first-order chi connectivity index (χ1) is 16.7. The third-order valence-electron chi connectivity index (χ3n) is 5.17. The van der Waals surface area contributed by atoms with Crippen molar-refractivity contribution in [3.63, 3.8) is 0 Å². The van der Waals surface area contributed by atoms with Gasteiger partial charge in [-0.05, 0) is 41.1 Å². The van der Waals surface area contributed by atoms with Crippen LogP contribution in [0, 0.1) is 0 Å². The summed E-state index contributed by atoms with van der Waals surface area (Å²) in [4.78, 5) is 11.8. The minimum atomic E-state index is -0.608. The zero-order valence-electron chi connectivity index (χ0n) is 18.8. The molecule has 172 valence electrons. The number of fused-ring (bicyclic) bond motifs is 2. The average molecular weight is 455 g/mol. The van der Waals surface area contributed by atoms with E-state index >= 15 is 0 Å². The van der Waals surface area contributed by atoms with Gasteiger partial charge in [0.25, 0.3) is 0 Å². The van der Waals surface area contributed by atoms with Gasteiger partial charge in [-0.3, -0.25) is 0 Å². The molecule has 4 aromatic carbocycles. The summed E-state index contributed by atoms with van der Waals surface area (Å²) in [6.07, 6.45) is 2.16. The first-order valence-corrected chi connectivity index (χ1v) is 11.0. The van der Waals surface area contributed by atoms with Gasteiger partial charge in [-0.2, -0.15) is 0 Å². The fourth-order valence-corrected chi connectivity index (χ4v) is 3.63. The van der Waals surface area contributed by atoms with Gasteiger partial charge < -0.3 is 18.9 Å². The van der Waals surface area contributed by atoms with E-state index in [2.05, 4.69) is 19.2 Å². The standard InChI is InChI=1S/C29H26O5/c1-3-16-31-19-25(34-28(30)4-2)20-32-29-26-13-9-8-10-21(26)17-22-14-15-24(18-27(22)29)33-23-11-6-5-7-12-23/h3-15,17-18,25H,1-2,16,19-20H2. The van der Waals surface area contributed by atoms with Crippen molar-refractivity contribution in [1.29, 1.82) is 0 Å². The van der Waals surface area contributed by atoms with E-state index in [1.54, 1.807) is 6.08 Å². The number of hydrogen-bond donors (Lipinski definition) is 0. The fraction of sp³-hybridized carbons (Fsp3) is 0.138. The summed E-state index contributed by atoms with van der Waals surface area (Å²) in [6.45, 7) is 7.75. The molecule has 1 atom stereocenters. The van der Waals surface area contributed by atoms with Crippen molar-refractivity contribution in [1.82, 2.24) is 0 Å². The molecule has 4 rings (SSSR count). The molecule has 0 aliphatic rings. The lowest BCUT2D eigenvalue weighted by Crippen LogP contribution is -2.29. The van der Waals surface area contributed by atoms with Crippen LogP contribution in [0.25, 0.3) is 21.5 Å². The lowest BCUT2D eigenvalue weighted by molar-refractivity contribution is -0.147. The zero-order valence-corrected chi connectivity index (χ0v) is 18.8. The maximum Gasteiger partial charge on any atom is 0.330 e. The molecule has 5 nitrogen and oxygen atoms in total. The second-order valence-electron chi connectivity index (χ2n) is 7.63. The molecule has 0 saturated carbocycles. The van der Waals surface area contributed by atoms with Crippen LogP contribution in [0.2, 0.25) is 0 Å². The van der Waals surface area contributed by atoms with E-state index < -0.39 is 12.1 Å². The number of carbonyl (C=O) groups is 1. The van der Waals surface area contributed by atoms with E-state index in [0.717, 1.165) is 33.4 Å². The molecule has 0 aliphatic heterocycles. The summed E-state index contributed by atoms with van der Waals surface area (Å²) in [5.41, 5.74) is 0. The van der Waals surface area contributed by atoms with Crippen molar-refractivity contribution in [2.24, 2.45) is 0 Å². The molecule has 0 aromatic heterocycles. The van der Waals surface area contributed by atoms with Gasteiger partial charge in [0.15, 0.2) is 6.10 Å². The highest BCUT2D eigenvalue weighted by Gasteiger charge is 2.17. The minimum absolute atomic E-state index is 0.115. The van der Waals surface area contributed by atoms with Gasteiger partial charge in [-0.1, -0.05) is 61.2 Å². The molecule has 4 aromatic rings. The van der Waals surface area contributed by atoms with Crippen LogP contribution in [0.15, 0.2) is 104 Å². The van der Waals surface area contributed by atoms with Crippen molar-refractivity contribution in [2.75, 3.05) is 19.8 Å². The van der Waals surface area contributed by atoms with Gasteiger partial charge in [0, 0.05) is 16.8 Å². The van der Waals surface area contributed by atoms with Crippen molar-refractivity contribution in [3.8, 4) is 17.2 Å². The molecule has 5 heteroatoms. The Morgan fingerprint density at radius 2 is 1.59 bits per heavy atom. The summed E-state index contributed by atoms with van der Waals surface area (Å²) in [6, 6.07) is 25.6. The third-order valence-corrected chi connectivity index (χ3v) is 5.17. The van der Waals surface area contributed by atoms with E-state index in [4.69, 9.17) is 18.9 Å². The van der Waals surface area contributed by atoms with Crippen molar-refractivity contribution < 1.29 is 23.7 Å². The highest BCUT2D eigenvalue weighted by Crippen LogP contribution is 2.37. The molecular weight excluding hydrogens is 428 g/mol. The van der Waals surface area contributed by atoms with Crippen molar-refractivity contribution in [2.45, 2.75) is 6.10 Å². The maximum absolute atomic E-state index is 11.8. The number of esters is 1. The van der Waals surface area contributed by atoms with E-state index in [-0.39, 0.29) is 13.2 Å². The van der Waals surface area contributed by atoms with Gasteiger partial charge in [0.1, 0.15) is 23.9 Å². The SMILES string of the molecule is C=CCOCC(COc1c2ccccc2cc2ccc(Oc3ccccc3)cc12)OC(=O)C=C. The molecule has 0 fully saturated rings. The second kappa shape index (κ2) is 11.2.